The van der Waals surface area contributed by atoms with Gasteiger partial charge in [-0.2, -0.15) is 4.98 Å². The second kappa shape index (κ2) is 6.15. The Morgan fingerprint density at radius 1 is 1.35 bits per heavy atom. The molecule has 1 aliphatic heterocycles. The second-order valence-electron chi connectivity index (χ2n) is 5.24. The van der Waals surface area contributed by atoms with Gasteiger partial charge in [-0.05, 0) is 25.1 Å². The zero-order valence-electron chi connectivity index (χ0n) is 11.7. The lowest BCUT2D eigenvalue weighted by molar-refractivity contribution is 0.250. The molecule has 1 saturated heterocycles. The fourth-order valence-corrected chi connectivity index (χ4v) is 2.65. The summed E-state index contributed by atoms with van der Waals surface area (Å²) in [5.74, 6) is 1.41. The fourth-order valence-electron chi connectivity index (χ4n) is 2.65. The third kappa shape index (κ3) is 3.23. The van der Waals surface area contributed by atoms with E-state index < -0.39 is 0 Å². The van der Waals surface area contributed by atoms with Gasteiger partial charge in [-0.25, -0.2) is 0 Å². The zero-order chi connectivity index (χ0) is 13.8. The maximum atomic E-state index is 5.05. The van der Waals surface area contributed by atoms with Crippen molar-refractivity contribution in [2.45, 2.75) is 25.9 Å². The van der Waals surface area contributed by atoms with Crippen LogP contribution in [0, 0.1) is 6.92 Å². The molecule has 1 aliphatic rings. The minimum absolute atomic E-state index is 0.367. The molecule has 1 fully saturated rings. The Balaban J connectivity index is 1.69. The summed E-state index contributed by atoms with van der Waals surface area (Å²) in [6.07, 6.45) is 1.14. The minimum atomic E-state index is 0.367. The van der Waals surface area contributed by atoms with E-state index in [1.807, 2.05) is 6.92 Å². The van der Waals surface area contributed by atoms with Gasteiger partial charge in [-0.3, -0.25) is 4.90 Å². The van der Waals surface area contributed by atoms with Crippen LogP contribution in [0.5, 0.6) is 0 Å². The molecule has 3 rings (SSSR count). The number of nitrogens with one attached hydrogen (secondary N) is 1. The molecule has 2 aromatic rings. The highest BCUT2D eigenvalue weighted by atomic mass is 16.5. The van der Waals surface area contributed by atoms with E-state index in [2.05, 4.69) is 50.7 Å². The van der Waals surface area contributed by atoms with Gasteiger partial charge in [0.2, 0.25) is 5.89 Å². The normalized spacial score (nSPS) is 20.8. The SMILES string of the molecule is Cc1nc(CN2CCCNC(c3ccccc3)C2)no1. The maximum absolute atomic E-state index is 5.05. The molecule has 5 nitrogen and oxygen atoms in total. The molecule has 106 valence electrons. The Labute approximate surface area is 119 Å². The third-order valence-corrected chi connectivity index (χ3v) is 3.62. The Hall–Kier alpha value is -1.72. The van der Waals surface area contributed by atoms with Crippen LogP contribution in [-0.4, -0.2) is 34.7 Å². The molecule has 0 saturated carbocycles. The highest BCUT2D eigenvalue weighted by Crippen LogP contribution is 2.17. The van der Waals surface area contributed by atoms with Crippen molar-refractivity contribution in [3.8, 4) is 0 Å². The average molecular weight is 272 g/mol. The molecule has 1 aromatic carbocycles. The smallest absolute Gasteiger partial charge is 0.223 e. The van der Waals surface area contributed by atoms with Gasteiger partial charge >= 0.3 is 0 Å². The first-order valence-electron chi connectivity index (χ1n) is 7.11. The molecule has 20 heavy (non-hydrogen) atoms. The molecular formula is C15H20N4O. The Kier molecular flexibility index (Phi) is 4.08. The van der Waals surface area contributed by atoms with Crippen LogP contribution in [0.3, 0.4) is 0 Å². The third-order valence-electron chi connectivity index (χ3n) is 3.62. The first kappa shape index (κ1) is 13.3. The monoisotopic (exact) mass is 272 g/mol. The molecule has 2 heterocycles. The van der Waals surface area contributed by atoms with E-state index in [1.54, 1.807) is 0 Å². The van der Waals surface area contributed by atoms with E-state index in [-0.39, 0.29) is 0 Å². The van der Waals surface area contributed by atoms with Crippen molar-refractivity contribution in [1.82, 2.24) is 20.4 Å². The van der Waals surface area contributed by atoms with Crippen molar-refractivity contribution in [1.29, 1.82) is 0 Å². The first-order valence-corrected chi connectivity index (χ1v) is 7.11. The molecule has 1 unspecified atom stereocenters. The van der Waals surface area contributed by atoms with E-state index in [4.69, 9.17) is 4.52 Å². The molecule has 1 atom stereocenters. The van der Waals surface area contributed by atoms with Gasteiger partial charge < -0.3 is 9.84 Å². The summed E-state index contributed by atoms with van der Waals surface area (Å²) < 4.78 is 5.05. The van der Waals surface area contributed by atoms with Crippen molar-refractivity contribution in [2.24, 2.45) is 0 Å². The number of nitrogens with zero attached hydrogens (tertiary/aromatic N) is 3. The van der Waals surface area contributed by atoms with Gasteiger partial charge in [0.05, 0.1) is 6.54 Å². The van der Waals surface area contributed by atoms with E-state index >= 15 is 0 Å². The van der Waals surface area contributed by atoms with E-state index in [9.17, 15) is 0 Å². The lowest BCUT2D eigenvalue weighted by Crippen LogP contribution is -2.31. The van der Waals surface area contributed by atoms with E-state index in [0.29, 0.717) is 11.9 Å². The summed E-state index contributed by atoms with van der Waals surface area (Å²) in [6.45, 7) is 5.65. The van der Waals surface area contributed by atoms with Gasteiger partial charge in [0.15, 0.2) is 5.82 Å². The molecule has 0 spiro atoms. The molecule has 5 heteroatoms. The maximum Gasteiger partial charge on any atom is 0.223 e. The van der Waals surface area contributed by atoms with Crippen LogP contribution < -0.4 is 5.32 Å². The van der Waals surface area contributed by atoms with Crippen LogP contribution in [0.25, 0.3) is 0 Å². The quantitative estimate of drug-likeness (QED) is 0.925. The topological polar surface area (TPSA) is 54.2 Å². The molecule has 0 amide bonds. The van der Waals surface area contributed by atoms with Crippen LogP contribution in [0.1, 0.15) is 29.7 Å². The second-order valence-corrected chi connectivity index (χ2v) is 5.24. The van der Waals surface area contributed by atoms with Crippen molar-refractivity contribution in [2.75, 3.05) is 19.6 Å². The van der Waals surface area contributed by atoms with Crippen molar-refractivity contribution < 1.29 is 4.52 Å². The van der Waals surface area contributed by atoms with Crippen molar-refractivity contribution in [3.05, 3.63) is 47.6 Å². The fraction of sp³-hybridized carbons (Fsp3) is 0.467. The van der Waals surface area contributed by atoms with Crippen LogP contribution in [-0.2, 0) is 6.54 Å². The largest absolute Gasteiger partial charge is 0.340 e. The summed E-state index contributed by atoms with van der Waals surface area (Å²) >= 11 is 0. The number of aromatic nitrogens is 2. The van der Waals surface area contributed by atoms with Crippen molar-refractivity contribution in [3.63, 3.8) is 0 Å². The number of rotatable bonds is 3. The highest BCUT2D eigenvalue weighted by Gasteiger charge is 2.20. The molecule has 0 bridgehead atoms. The molecule has 1 N–H and O–H groups in total. The van der Waals surface area contributed by atoms with E-state index in [1.165, 1.54) is 5.56 Å². The summed E-state index contributed by atoms with van der Waals surface area (Å²) in [4.78, 5) is 6.68. The van der Waals surface area contributed by atoms with Crippen LogP contribution in [0.15, 0.2) is 34.9 Å². The average Bonchev–Trinajstić information content (AvgIpc) is 2.74. The number of aryl methyl sites for hydroxylation is 1. The van der Waals surface area contributed by atoms with Gasteiger partial charge in [-0.15, -0.1) is 0 Å². The van der Waals surface area contributed by atoms with E-state index in [0.717, 1.165) is 38.4 Å². The van der Waals surface area contributed by atoms with Crippen LogP contribution >= 0.6 is 0 Å². The summed E-state index contributed by atoms with van der Waals surface area (Å²) in [5.41, 5.74) is 1.34. The summed E-state index contributed by atoms with van der Waals surface area (Å²) in [6, 6.07) is 11.0. The molecule has 0 aliphatic carbocycles. The minimum Gasteiger partial charge on any atom is -0.340 e. The standard InChI is InChI=1S/C15H20N4O/c1-12-17-15(18-20-12)11-19-9-5-8-16-14(10-19)13-6-3-2-4-7-13/h2-4,6-7,14,16H,5,8-11H2,1H3. The van der Waals surface area contributed by atoms with Crippen molar-refractivity contribution >= 4 is 0 Å². The summed E-state index contributed by atoms with van der Waals surface area (Å²) in [7, 11) is 0. The molecule has 0 radical (unpaired) electrons. The summed E-state index contributed by atoms with van der Waals surface area (Å²) in [5, 5.41) is 7.60. The predicted octanol–water partition coefficient (Wildman–Crippen LogP) is 1.91. The number of hydrogen-bond donors (Lipinski definition) is 1. The molecule has 1 aromatic heterocycles. The lowest BCUT2D eigenvalue weighted by Gasteiger charge is -2.23. The number of benzene rings is 1. The van der Waals surface area contributed by atoms with Gasteiger partial charge in [0, 0.05) is 19.5 Å². The van der Waals surface area contributed by atoms with Gasteiger partial charge in [-0.1, -0.05) is 35.5 Å². The first-order chi connectivity index (χ1) is 9.81. The van der Waals surface area contributed by atoms with Gasteiger partial charge in [0.1, 0.15) is 0 Å². The number of hydrogen-bond acceptors (Lipinski definition) is 5. The Morgan fingerprint density at radius 2 is 2.20 bits per heavy atom. The lowest BCUT2D eigenvalue weighted by atomic mass is 10.1. The highest BCUT2D eigenvalue weighted by molar-refractivity contribution is 5.19. The van der Waals surface area contributed by atoms with Crippen LogP contribution in [0.4, 0.5) is 0 Å². The van der Waals surface area contributed by atoms with Gasteiger partial charge in [0.25, 0.3) is 0 Å². The van der Waals surface area contributed by atoms with Crippen LogP contribution in [0.2, 0.25) is 0 Å². The molecular weight excluding hydrogens is 252 g/mol. The predicted molar refractivity (Wildman–Crippen MR) is 76.1 cm³/mol. The Morgan fingerprint density at radius 3 is 2.95 bits per heavy atom. The zero-order valence-corrected chi connectivity index (χ0v) is 11.7. The Bertz CT molecular complexity index is 540.